The number of nitrogens with zero attached hydrogens (tertiary/aromatic N) is 4. The molecule has 7 unspecified atom stereocenters. The minimum Gasteiger partial charge on any atom is -0.358 e. The van der Waals surface area contributed by atoms with Crippen LogP contribution < -0.4 is 4.90 Å². The zero-order chi connectivity index (χ0) is 41.9. The fraction of sp³-hybridized carbons (Fsp3) is 0.267. The Hall–Kier alpha value is -6.52. The van der Waals surface area contributed by atoms with Crippen LogP contribution >= 0.6 is 0 Å². The van der Waals surface area contributed by atoms with Gasteiger partial charge < -0.3 is 18.6 Å². The first-order valence-electron chi connectivity index (χ1n) is 24.3. The first-order valence-corrected chi connectivity index (χ1v) is 24.3. The van der Waals surface area contributed by atoms with E-state index >= 15 is 0 Å². The Balaban J connectivity index is 0.778. The van der Waals surface area contributed by atoms with E-state index in [0.29, 0.717) is 41.8 Å². The highest BCUT2D eigenvalue weighted by Gasteiger charge is 2.46. The standard InChI is InChI=1S/C60H54N4/c1-9-21-55-45(13-1)46-14-2-10-22-56(46)63(55)43-33-35-51-49-17-5-7-19-53(49)61(59(51)37-43)41-29-25-39(26-30-41)40-27-31-42(32-28-40)62-54-20-8-6-18-50(54)52-36-34-44(38-60(52)62)64-57-23-11-3-15-47(57)48-16-4-12-24-58(48)64/h1,3,5,7-13,15,17,19-25,27,29-31,33-40,42,45-46,55-56H,2,4,6,14,16,18,26,28,32H2. The van der Waals surface area contributed by atoms with E-state index in [2.05, 4.69) is 195 Å². The molecule has 0 N–H and O–H groups in total. The molecule has 6 aliphatic carbocycles. The Bertz CT molecular complexity index is 3330. The largest absolute Gasteiger partial charge is 0.358 e. The highest BCUT2D eigenvalue weighted by molar-refractivity contribution is 6.11. The van der Waals surface area contributed by atoms with Crippen molar-refractivity contribution in [3.05, 3.63) is 186 Å². The summed E-state index contributed by atoms with van der Waals surface area (Å²) in [6.45, 7) is 0. The van der Waals surface area contributed by atoms with Crippen molar-refractivity contribution >= 4 is 67.1 Å². The zero-order valence-corrected chi connectivity index (χ0v) is 36.4. The maximum atomic E-state index is 2.73. The van der Waals surface area contributed by atoms with Crippen molar-refractivity contribution in [2.45, 2.75) is 75.9 Å². The molecule has 4 heterocycles. The van der Waals surface area contributed by atoms with E-state index in [0.717, 1.165) is 38.5 Å². The van der Waals surface area contributed by atoms with Gasteiger partial charge in [-0.3, -0.25) is 0 Å². The van der Waals surface area contributed by atoms with Crippen molar-refractivity contribution < 1.29 is 0 Å². The molecule has 1 saturated heterocycles. The quantitative estimate of drug-likeness (QED) is 0.158. The number of fused-ring (bicyclic) bond motifs is 12. The smallest absolute Gasteiger partial charge is 0.0561 e. The Labute approximate surface area is 375 Å². The molecule has 0 radical (unpaired) electrons. The third-order valence-electron chi connectivity index (χ3n) is 16.4. The van der Waals surface area contributed by atoms with Gasteiger partial charge in [-0.05, 0) is 141 Å². The van der Waals surface area contributed by atoms with E-state index < -0.39 is 0 Å². The molecular formula is C60H54N4. The molecular weight excluding hydrogens is 777 g/mol. The lowest BCUT2D eigenvalue weighted by molar-refractivity contribution is 0.380. The number of para-hydroxylation sites is 2. The van der Waals surface area contributed by atoms with Crippen LogP contribution in [-0.2, 0) is 12.8 Å². The molecule has 314 valence electrons. The predicted octanol–water partition coefficient (Wildman–Crippen LogP) is 14.5. The third kappa shape index (κ3) is 5.47. The monoisotopic (exact) mass is 830 g/mol. The van der Waals surface area contributed by atoms with Crippen molar-refractivity contribution in [2.75, 3.05) is 4.90 Å². The second kappa shape index (κ2) is 14.5. The lowest BCUT2D eigenvalue weighted by Crippen LogP contribution is -2.37. The summed E-state index contributed by atoms with van der Waals surface area (Å²) in [4.78, 5) is 2.73. The number of hydrogen-bond acceptors (Lipinski definition) is 1. The van der Waals surface area contributed by atoms with Crippen molar-refractivity contribution in [1.29, 1.82) is 0 Å². The van der Waals surface area contributed by atoms with Crippen molar-refractivity contribution in [2.24, 2.45) is 23.7 Å². The molecule has 14 rings (SSSR count). The van der Waals surface area contributed by atoms with Gasteiger partial charge in [0.05, 0.1) is 40.2 Å². The van der Waals surface area contributed by atoms with E-state index in [4.69, 9.17) is 0 Å². The van der Waals surface area contributed by atoms with Crippen molar-refractivity contribution in [3.63, 3.8) is 0 Å². The Kier molecular flexibility index (Phi) is 8.37. The van der Waals surface area contributed by atoms with E-state index in [1.165, 1.54) is 102 Å². The third-order valence-corrected chi connectivity index (χ3v) is 16.4. The highest BCUT2D eigenvalue weighted by Crippen LogP contribution is 2.48. The predicted molar refractivity (Wildman–Crippen MR) is 269 cm³/mol. The fourth-order valence-corrected chi connectivity index (χ4v) is 13.5. The van der Waals surface area contributed by atoms with Gasteiger partial charge in [0, 0.05) is 55.9 Å². The molecule has 0 saturated carbocycles. The van der Waals surface area contributed by atoms with Crippen LogP contribution in [0.2, 0.25) is 0 Å². The Morgan fingerprint density at radius 2 is 1.22 bits per heavy atom. The van der Waals surface area contributed by atoms with E-state index in [9.17, 15) is 0 Å². The summed E-state index contributed by atoms with van der Waals surface area (Å²) in [5.74, 6) is 2.26. The van der Waals surface area contributed by atoms with Gasteiger partial charge in [-0.2, -0.15) is 0 Å². The van der Waals surface area contributed by atoms with Gasteiger partial charge in [0.1, 0.15) is 0 Å². The van der Waals surface area contributed by atoms with E-state index in [1.54, 1.807) is 0 Å². The normalized spacial score (nSPS) is 26.6. The molecule has 7 aromatic rings. The number of rotatable bonds is 5. The molecule has 7 aliphatic rings. The number of hydrogen-bond donors (Lipinski definition) is 0. The van der Waals surface area contributed by atoms with E-state index in [-0.39, 0.29) is 0 Å². The second-order valence-corrected chi connectivity index (χ2v) is 19.6. The molecule has 1 aliphatic heterocycles. The summed E-state index contributed by atoms with van der Waals surface area (Å²) in [6.07, 6.45) is 46.8. The molecule has 64 heavy (non-hydrogen) atoms. The fourth-order valence-electron chi connectivity index (χ4n) is 13.5. The molecule has 4 aromatic carbocycles. The first-order chi connectivity index (χ1) is 31.8. The topological polar surface area (TPSA) is 18.0 Å². The van der Waals surface area contributed by atoms with Crippen LogP contribution in [0.1, 0.15) is 73.5 Å². The number of aromatic nitrogens is 3. The summed E-state index contributed by atoms with van der Waals surface area (Å²) in [5, 5.41) is 5.48. The van der Waals surface area contributed by atoms with Crippen LogP contribution in [0.4, 0.5) is 5.69 Å². The number of anilines is 1. The number of benzene rings is 4. The Morgan fingerprint density at radius 3 is 2.06 bits per heavy atom. The van der Waals surface area contributed by atoms with Crippen LogP contribution in [0.25, 0.3) is 67.1 Å². The number of aryl methyl sites for hydroxylation is 2. The van der Waals surface area contributed by atoms with Gasteiger partial charge in [0.25, 0.3) is 0 Å². The first kappa shape index (κ1) is 36.9. The second-order valence-electron chi connectivity index (χ2n) is 19.6. The Morgan fingerprint density at radius 1 is 0.484 bits per heavy atom. The zero-order valence-electron chi connectivity index (χ0n) is 36.4. The number of allylic oxidation sites excluding steroid dienone is 11. The van der Waals surface area contributed by atoms with Crippen LogP contribution in [-0.4, -0.2) is 25.8 Å². The lowest BCUT2D eigenvalue weighted by atomic mass is 9.79. The average Bonchev–Trinajstić information content (AvgIpc) is 4.09. The summed E-state index contributed by atoms with van der Waals surface area (Å²) >= 11 is 0. The maximum absolute atomic E-state index is 2.73. The highest BCUT2D eigenvalue weighted by atomic mass is 15.2. The van der Waals surface area contributed by atoms with Gasteiger partial charge in [0.2, 0.25) is 0 Å². The molecule has 4 nitrogen and oxygen atoms in total. The molecule has 0 spiro atoms. The average molecular weight is 831 g/mol. The molecule has 0 amide bonds. The van der Waals surface area contributed by atoms with Crippen LogP contribution in [0.3, 0.4) is 0 Å². The summed E-state index contributed by atoms with van der Waals surface area (Å²) < 4.78 is 7.77. The van der Waals surface area contributed by atoms with Crippen LogP contribution in [0.5, 0.6) is 0 Å². The van der Waals surface area contributed by atoms with Crippen LogP contribution in [0, 0.1) is 23.7 Å². The lowest BCUT2D eigenvalue weighted by Gasteiger charge is -2.33. The van der Waals surface area contributed by atoms with Crippen molar-refractivity contribution in [1.82, 2.24) is 13.7 Å². The minimum absolute atomic E-state index is 0.339. The van der Waals surface area contributed by atoms with Gasteiger partial charge in [-0.25, -0.2) is 0 Å². The summed E-state index contributed by atoms with van der Waals surface area (Å²) in [7, 11) is 0. The van der Waals surface area contributed by atoms with Gasteiger partial charge in [-0.1, -0.05) is 121 Å². The van der Waals surface area contributed by atoms with Gasteiger partial charge in [-0.15, -0.1) is 0 Å². The molecule has 1 fully saturated rings. The van der Waals surface area contributed by atoms with E-state index in [1.807, 2.05) is 0 Å². The molecule has 3 aromatic heterocycles. The molecule has 4 heteroatoms. The molecule has 7 atom stereocenters. The van der Waals surface area contributed by atoms with Gasteiger partial charge >= 0.3 is 0 Å². The maximum Gasteiger partial charge on any atom is 0.0561 e. The summed E-state index contributed by atoms with van der Waals surface area (Å²) in [6, 6.07) is 33.8. The van der Waals surface area contributed by atoms with Crippen LogP contribution in [0.15, 0.2) is 164 Å². The minimum atomic E-state index is 0.339. The SMILES string of the molecule is C1=CC2C3CCC=CC3N(c3ccc4c5ccccc5n(C5=CCC(C6C=CC(n7c8c(c9ccc(-n%10c%11c(c%12ccccc%12%10)CCC=C%11)cc97)CCC=C8)CC6)C=C5)c4c3)C2C=C1. The van der Waals surface area contributed by atoms with Gasteiger partial charge in [0.15, 0.2) is 0 Å². The van der Waals surface area contributed by atoms with Crippen molar-refractivity contribution in [3.8, 4) is 5.69 Å². The summed E-state index contributed by atoms with van der Waals surface area (Å²) in [5.41, 5.74) is 15.0. The molecule has 0 bridgehead atoms.